The van der Waals surface area contributed by atoms with Gasteiger partial charge in [0.25, 0.3) is 0 Å². The van der Waals surface area contributed by atoms with Gasteiger partial charge in [-0.3, -0.25) is 9.89 Å². The van der Waals surface area contributed by atoms with Crippen molar-refractivity contribution in [3.05, 3.63) is 41.8 Å². The van der Waals surface area contributed by atoms with Crippen molar-refractivity contribution in [2.75, 3.05) is 11.1 Å². The molecule has 2 rings (SSSR count). The number of rotatable bonds is 6. The zero-order valence-electron chi connectivity index (χ0n) is 11.1. The van der Waals surface area contributed by atoms with Gasteiger partial charge in [0.2, 0.25) is 5.91 Å². The second kappa shape index (κ2) is 7.09. The first kappa shape index (κ1) is 14.6. The van der Waals surface area contributed by atoms with Gasteiger partial charge in [0.1, 0.15) is 5.82 Å². The number of nitrogens with zero attached hydrogens (tertiary/aromatic N) is 1. The molecular weight excluding hydrogens is 277 g/mol. The first-order valence-corrected chi connectivity index (χ1v) is 7.38. The summed E-state index contributed by atoms with van der Waals surface area (Å²) in [5, 5.41) is 9.63. The lowest BCUT2D eigenvalue weighted by Crippen LogP contribution is -2.14. The standard InChI is InChI=1S/C14H16FN3OS/c1-2-3-11-8-13(18-17-11)16-14(19)9-20-12-6-4-10(15)5-7-12/h4-8H,2-3,9H2,1H3,(H2,16,17,18,19). The maximum atomic E-state index is 12.7. The minimum absolute atomic E-state index is 0.131. The average molecular weight is 293 g/mol. The zero-order chi connectivity index (χ0) is 14.4. The number of anilines is 1. The number of carbonyl (C=O) groups is 1. The molecule has 1 aromatic carbocycles. The first-order valence-electron chi connectivity index (χ1n) is 6.40. The molecule has 0 aliphatic heterocycles. The summed E-state index contributed by atoms with van der Waals surface area (Å²) in [7, 11) is 0. The van der Waals surface area contributed by atoms with Crippen LogP contribution in [-0.2, 0) is 11.2 Å². The number of thioether (sulfide) groups is 1. The number of aromatic amines is 1. The smallest absolute Gasteiger partial charge is 0.235 e. The lowest BCUT2D eigenvalue weighted by molar-refractivity contribution is -0.113. The largest absolute Gasteiger partial charge is 0.308 e. The summed E-state index contributed by atoms with van der Waals surface area (Å²) in [4.78, 5) is 12.6. The van der Waals surface area contributed by atoms with Gasteiger partial charge in [0, 0.05) is 16.7 Å². The minimum atomic E-state index is -0.279. The van der Waals surface area contributed by atoms with Gasteiger partial charge in [-0.2, -0.15) is 5.10 Å². The molecule has 2 N–H and O–H groups in total. The summed E-state index contributed by atoms with van der Waals surface area (Å²) in [5.41, 5.74) is 1.01. The van der Waals surface area contributed by atoms with Crippen LogP contribution in [0.4, 0.5) is 10.2 Å². The Morgan fingerprint density at radius 1 is 1.40 bits per heavy atom. The highest BCUT2D eigenvalue weighted by molar-refractivity contribution is 8.00. The van der Waals surface area contributed by atoms with Gasteiger partial charge in [-0.05, 0) is 30.7 Å². The topological polar surface area (TPSA) is 57.8 Å². The second-order valence-corrected chi connectivity index (χ2v) is 5.37. The summed E-state index contributed by atoms with van der Waals surface area (Å²) in [6, 6.07) is 7.91. The van der Waals surface area contributed by atoms with Crippen LogP contribution in [0.2, 0.25) is 0 Å². The molecule has 0 unspecified atom stereocenters. The lowest BCUT2D eigenvalue weighted by Gasteiger charge is -2.02. The molecule has 6 heteroatoms. The minimum Gasteiger partial charge on any atom is -0.308 e. The van der Waals surface area contributed by atoms with Crippen molar-refractivity contribution in [2.45, 2.75) is 24.7 Å². The monoisotopic (exact) mass is 293 g/mol. The van der Waals surface area contributed by atoms with Crippen LogP contribution in [0.1, 0.15) is 19.0 Å². The van der Waals surface area contributed by atoms with E-state index in [1.807, 2.05) is 6.07 Å². The molecule has 4 nitrogen and oxygen atoms in total. The van der Waals surface area contributed by atoms with Crippen molar-refractivity contribution in [2.24, 2.45) is 0 Å². The fraction of sp³-hybridized carbons (Fsp3) is 0.286. The van der Waals surface area contributed by atoms with E-state index < -0.39 is 0 Å². The predicted molar refractivity (Wildman–Crippen MR) is 78.3 cm³/mol. The second-order valence-electron chi connectivity index (χ2n) is 4.32. The van der Waals surface area contributed by atoms with Gasteiger partial charge in [-0.15, -0.1) is 11.8 Å². The van der Waals surface area contributed by atoms with Crippen LogP contribution in [0.25, 0.3) is 0 Å². The summed E-state index contributed by atoms with van der Waals surface area (Å²) < 4.78 is 12.7. The van der Waals surface area contributed by atoms with Crippen LogP contribution >= 0.6 is 11.8 Å². The van der Waals surface area contributed by atoms with Crippen molar-refractivity contribution in [3.8, 4) is 0 Å². The van der Waals surface area contributed by atoms with Crippen LogP contribution in [0.3, 0.4) is 0 Å². The van der Waals surface area contributed by atoms with E-state index in [1.165, 1.54) is 23.9 Å². The molecular formula is C14H16FN3OS. The highest BCUT2D eigenvalue weighted by Crippen LogP contribution is 2.18. The van der Waals surface area contributed by atoms with Crippen LogP contribution in [0, 0.1) is 5.82 Å². The molecule has 0 saturated carbocycles. The summed E-state index contributed by atoms with van der Waals surface area (Å²) in [6.45, 7) is 2.08. The van der Waals surface area contributed by atoms with E-state index in [0.717, 1.165) is 23.4 Å². The van der Waals surface area contributed by atoms with E-state index >= 15 is 0 Å². The first-order chi connectivity index (χ1) is 9.67. The number of aryl methyl sites for hydroxylation is 1. The third-order valence-electron chi connectivity index (χ3n) is 2.60. The predicted octanol–water partition coefficient (Wildman–Crippen LogP) is 3.23. The van der Waals surface area contributed by atoms with E-state index in [0.29, 0.717) is 5.82 Å². The van der Waals surface area contributed by atoms with E-state index in [4.69, 9.17) is 0 Å². The fourth-order valence-electron chi connectivity index (χ4n) is 1.68. The zero-order valence-corrected chi connectivity index (χ0v) is 12.0. The summed E-state index contributed by atoms with van der Waals surface area (Å²) in [5.74, 6) is 0.396. The molecule has 1 aromatic heterocycles. The quantitative estimate of drug-likeness (QED) is 0.804. The maximum Gasteiger partial charge on any atom is 0.235 e. The number of halogens is 1. The van der Waals surface area contributed by atoms with Gasteiger partial charge in [-0.1, -0.05) is 13.3 Å². The molecule has 0 radical (unpaired) electrons. The molecule has 20 heavy (non-hydrogen) atoms. The Morgan fingerprint density at radius 2 is 2.15 bits per heavy atom. The summed E-state index contributed by atoms with van der Waals surface area (Å²) >= 11 is 1.36. The number of hydrogen-bond acceptors (Lipinski definition) is 3. The Hall–Kier alpha value is -1.82. The highest BCUT2D eigenvalue weighted by atomic mass is 32.2. The molecule has 0 aliphatic carbocycles. The van der Waals surface area contributed by atoms with Crippen LogP contribution in [0.15, 0.2) is 35.2 Å². The molecule has 0 bridgehead atoms. The normalized spacial score (nSPS) is 10.5. The Kier molecular flexibility index (Phi) is 5.17. The van der Waals surface area contributed by atoms with Gasteiger partial charge < -0.3 is 5.32 Å². The van der Waals surface area contributed by atoms with E-state index in [9.17, 15) is 9.18 Å². The van der Waals surface area contributed by atoms with Crippen molar-refractivity contribution < 1.29 is 9.18 Å². The highest BCUT2D eigenvalue weighted by Gasteiger charge is 2.06. The Balaban J connectivity index is 1.81. The van der Waals surface area contributed by atoms with E-state index in [1.54, 1.807) is 12.1 Å². The number of hydrogen-bond donors (Lipinski definition) is 2. The van der Waals surface area contributed by atoms with E-state index in [2.05, 4.69) is 22.4 Å². The number of amides is 1. The SMILES string of the molecule is CCCc1cc(NC(=O)CSc2ccc(F)cc2)n[nH]1. The third-order valence-corrected chi connectivity index (χ3v) is 3.61. The third kappa shape index (κ3) is 4.38. The van der Waals surface area contributed by atoms with Gasteiger partial charge in [0.15, 0.2) is 5.82 Å². The molecule has 0 saturated heterocycles. The number of H-pyrrole nitrogens is 1. The van der Waals surface area contributed by atoms with Crippen molar-refractivity contribution in [1.82, 2.24) is 10.2 Å². The molecule has 2 aromatic rings. The van der Waals surface area contributed by atoms with Gasteiger partial charge in [-0.25, -0.2) is 4.39 Å². The number of benzene rings is 1. The fourth-order valence-corrected chi connectivity index (χ4v) is 2.38. The molecule has 0 atom stereocenters. The van der Waals surface area contributed by atoms with E-state index in [-0.39, 0.29) is 17.5 Å². The van der Waals surface area contributed by atoms with Crippen molar-refractivity contribution in [1.29, 1.82) is 0 Å². The van der Waals surface area contributed by atoms with Gasteiger partial charge in [0.05, 0.1) is 5.75 Å². The molecule has 0 aliphatic rings. The maximum absolute atomic E-state index is 12.7. The molecule has 0 spiro atoms. The Bertz CT molecular complexity index is 568. The molecule has 1 heterocycles. The lowest BCUT2D eigenvalue weighted by atomic mass is 10.2. The average Bonchev–Trinajstić information content (AvgIpc) is 2.86. The van der Waals surface area contributed by atoms with Gasteiger partial charge >= 0.3 is 0 Å². The summed E-state index contributed by atoms with van der Waals surface area (Å²) in [6.07, 6.45) is 1.93. The number of nitrogens with one attached hydrogen (secondary N) is 2. The molecule has 1 amide bonds. The molecule has 106 valence electrons. The Morgan fingerprint density at radius 3 is 2.85 bits per heavy atom. The van der Waals surface area contributed by atoms with Crippen molar-refractivity contribution >= 4 is 23.5 Å². The van der Waals surface area contributed by atoms with Crippen LogP contribution in [-0.4, -0.2) is 21.9 Å². The van der Waals surface area contributed by atoms with Crippen LogP contribution < -0.4 is 5.32 Å². The van der Waals surface area contributed by atoms with Crippen molar-refractivity contribution in [3.63, 3.8) is 0 Å². The number of aromatic nitrogens is 2. The number of carbonyl (C=O) groups excluding carboxylic acids is 1. The molecule has 0 fully saturated rings. The Labute approximate surface area is 121 Å². The van der Waals surface area contributed by atoms with Crippen LogP contribution in [0.5, 0.6) is 0 Å².